The quantitative estimate of drug-likeness (QED) is 0.578. The third kappa shape index (κ3) is 4.61. The van der Waals surface area contributed by atoms with E-state index in [2.05, 4.69) is 53.6 Å². The fourth-order valence-electron chi connectivity index (χ4n) is 3.62. The van der Waals surface area contributed by atoms with E-state index in [-0.39, 0.29) is 12.2 Å². The highest BCUT2D eigenvalue weighted by Gasteiger charge is 2.26. The molecule has 1 aliphatic rings. The average Bonchev–Trinajstić information content (AvgIpc) is 3.17. The van der Waals surface area contributed by atoms with Gasteiger partial charge in [0.05, 0.1) is 24.5 Å². The first-order chi connectivity index (χ1) is 13.7. The molecule has 0 spiro atoms. The van der Waals surface area contributed by atoms with Crippen molar-refractivity contribution in [3.05, 3.63) is 71.2 Å². The molecule has 2 atom stereocenters. The van der Waals surface area contributed by atoms with Gasteiger partial charge in [-0.25, -0.2) is 4.98 Å². The second kappa shape index (κ2) is 8.86. The highest BCUT2D eigenvalue weighted by Crippen LogP contribution is 2.29. The Morgan fingerprint density at radius 2 is 1.89 bits per heavy atom. The molecule has 0 saturated carbocycles. The summed E-state index contributed by atoms with van der Waals surface area (Å²) in [5.41, 5.74) is 3.50. The predicted molar refractivity (Wildman–Crippen MR) is 114 cm³/mol. The van der Waals surface area contributed by atoms with Crippen molar-refractivity contribution >= 4 is 11.3 Å². The van der Waals surface area contributed by atoms with Gasteiger partial charge in [0.15, 0.2) is 0 Å². The number of hydrogen-bond donors (Lipinski definition) is 0. The zero-order valence-corrected chi connectivity index (χ0v) is 17.2. The van der Waals surface area contributed by atoms with Gasteiger partial charge in [-0.1, -0.05) is 30.3 Å². The van der Waals surface area contributed by atoms with E-state index >= 15 is 0 Å². The van der Waals surface area contributed by atoms with Crippen molar-refractivity contribution in [1.82, 2.24) is 9.88 Å². The Labute approximate surface area is 170 Å². The molecule has 0 aliphatic carbocycles. The van der Waals surface area contributed by atoms with Crippen molar-refractivity contribution in [1.29, 1.82) is 0 Å². The zero-order valence-electron chi connectivity index (χ0n) is 16.4. The topological polar surface area (TPSA) is 34.6 Å². The third-order valence-corrected chi connectivity index (χ3v) is 5.80. The van der Waals surface area contributed by atoms with E-state index in [0.717, 1.165) is 41.6 Å². The summed E-state index contributed by atoms with van der Waals surface area (Å²) in [6.07, 6.45) is 0.331. The van der Waals surface area contributed by atoms with Crippen LogP contribution in [-0.4, -0.2) is 35.7 Å². The van der Waals surface area contributed by atoms with Gasteiger partial charge in [-0.15, -0.1) is 11.3 Å². The van der Waals surface area contributed by atoms with E-state index in [0.29, 0.717) is 6.61 Å². The fourth-order valence-corrected chi connectivity index (χ4v) is 4.44. The van der Waals surface area contributed by atoms with Crippen LogP contribution in [0.5, 0.6) is 5.75 Å². The predicted octanol–water partition coefficient (Wildman–Crippen LogP) is 5.17. The first-order valence-corrected chi connectivity index (χ1v) is 10.7. The molecule has 1 saturated heterocycles. The number of thiazole rings is 1. The molecule has 1 fully saturated rings. The first-order valence-electron chi connectivity index (χ1n) is 9.81. The van der Waals surface area contributed by atoms with Crippen molar-refractivity contribution < 1.29 is 9.47 Å². The molecule has 1 aromatic heterocycles. The minimum atomic E-state index is 0.120. The molecule has 4 rings (SSSR count). The lowest BCUT2D eigenvalue weighted by molar-refractivity contribution is -0.0816. The fraction of sp³-hybridized carbons (Fsp3) is 0.348. The number of rotatable bonds is 6. The Hall–Kier alpha value is -2.21. The van der Waals surface area contributed by atoms with Gasteiger partial charge in [0.1, 0.15) is 10.8 Å². The van der Waals surface area contributed by atoms with Gasteiger partial charge in [-0.3, -0.25) is 4.90 Å². The molecule has 1 aliphatic heterocycles. The van der Waals surface area contributed by atoms with Gasteiger partial charge in [0.25, 0.3) is 0 Å². The molecular weight excluding hydrogens is 368 g/mol. The van der Waals surface area contributed by atoms with Crippen LogP contribution in [0, 0.1) is 0 Å². The molecule has 0 amide bonds. The molecule has 146 valence electrons. The molecular formula is C23H26N2O2S. The third-order valence-electron chi connectivity index (χ3n) is 4.86. The van der Waals surface area contributed by atoms with Crippen molar-refractivity contribution in [3.63, 3.8) is 0 Å². The molecule has 2 unspecified atom stereocenters. The number of benzene rings is 2. The van der Waals surface area contributed by atoms with Crippen molar-refractivity contribution in [2.24, 2.45) is 0 Å². The highest BCUT2D eigenvalue weighted by molar-refractivity contribution is 7.13. The van der Waals surface area contributed by atoms with Crippen molar-refractivity contribution in [2.45, 2.75) is 32.6 Å². The molecule has 2 heterocycles. The summed E-state index contributed by atoms with van der Waals surface area (Å²) in [6, 6.07) is 18.7. The highest BCUT2D eigenvalue weighted by atomic mass is 32.1. The summed E-state index contributed by atoms with van der Waals surface area (Å²) < 4.78 is 11.7. The number of aromatic nitrogens is 1. The smallest absolute Gasteiger partial charge is 0.123 e. The monoisotopic (exact) mass is 394 g/mol. The molecule has 28 heavy (non-hydrogen) atoms. The van der Waals surface area contributed by atoms with Gasteiger partial charge in [-0.2, -0.15) is 0 Å². The van der Waals surface area contributed by atoms with Crippen LogP contribution in [0.15, 0.2) is 60.0 Å². The van der Waals surface area contributed by atoms with E-state index in [1.54, 1.807) is 11.3 Å². The van der Waals surface area contributed by atoms with Crippen LogP contribution in [0.2, 0.25) is 0 Å². The summed E-state index contributed by atoms with van der Waals surface area (Å²) in [5, 5.41) is 3.22. The van der Waals surface area contributed by atoms with E-state index < -0.39 is 0 Å². The van der Waals surface area contributed by atoms with Crippen LogP contribution in [0.3, 0.4) is 0 Å². The molecule has 0 radical (unpaired) electrons. The number of nitrogens with zero attached hydrogens (tertiary/aromatic N) is 2. The van der Waals surface area contributed by atoms with Crippen LogP contribution >= 0.6 is 11.3 Å². The molecule has 2 aromatic carbocycles. The van der Waals surface area contributed by atoms with Gasteiger partial charge in [-0.05, 0) is 43.7 Å². The molecule has 0 bridgehead atoms. The summed E-state index contributed by atoms with van der Waals surface area (Å²) in [6.45, 7) is 7.50. The van der Waals surface area contributed by atoms with E-state index in [1.807, 2.05) is 25.1 Å². The van der Waals surface area contributed by atoms with Crippen LogP contribution in [-0.2, 0) is 11.3 Å². The standard InChI is InChI=1S/C23H26N2O2S/c1-3-26-21-11-9-19(10-12-21)23-24-20(16-28-23)14-25-13-17(2)27-22(15-25)18-7-5-4-6-8-18/h4-12,16-17,22H,3,13-15H2,1-2H3. The molecule has 5 heteroatoms. The van der Waals surface area contributed by atoms with Crippen LogP contribution in [0.25, 0.3) is 10.6 Å². The second-order valence-corrected chi connectivity index (χ2v) is 8.00. The van der Waals surface area contributed by atoms with E-state index in [9.17, 15) is 0 Å². The summed E-state index contributed by atoms with van der Waals surface area (Å²) in [7, 11) is 0. The van der Waals surface area contributed by atoms with Crippen LogP contribution in [0.1, 0.15) is 31.2 Å². The van der Waals surface area contributed by atoms with Crippen molar-refractivity contribution in [2.75, 3.05) is 19.7 Å². The number of hydrogen-bond acceptors (Lipinski definition) is 5. The second-order valence-electron chi connectivity index (χ2n) is 7.14. The van der Waals surface area contributed by atoms with Gasteiger partial charge in [0, 0.05) is 30.6 Å². The Morgan fingerprint density at radius 3 is 2.64 bits per heavy atom. The lowest BCUT2D eigenvalue weighted by Gasteiger charge is -2.36. The molecule has 3 aromatic rings. The SMILES string of the molecule is CCOc1ccc(-c2nc(CN3CC(C)OC(c4ccccc4)C3)cs2)cc1. The minimum Gasteiger partial charge on any atom is -0.494 e. The Kier molecular flexibility index (Phi) is 6.05. The van der Waals surface area contributed by atoms with E-state index in [1.165, 1.54) is 5.56 Å². The maximum atomic E-state index is 6.17. The van der Waals surface area contributed by atoms with Gasteiger partial charge in [0.2, 0.25) is 0 Å². The number of morpholine rings is 1. The maximum absolute atomic E-state index is 6.17. The summed E-state index contributed by atoms with van der Waals surface area (Å²) in [5.74, 6) is 0.900. The minimum absolute atomic E-state index is 0.120. The largest absolute Gasteiger partial charge is 0.494 e. The van der Waals surface area contributed by atoms with Gasteiger partial charge < -0.3 is 9.47 Å². The first kappa shape index (κ1) is 19.1. The van der Waals surface area contributed by atoms with Gasteiger partial charge >= 0.3 is 0 Å². The Balaban J connectivity index is 1.43. The number of ether oxygens (including phenoxy) is 2. The molecule has 4 nitrogen and oxygen atoms in total. The average molecular weight is 395 g/mol. The molecule has 0 N–H and O–H groups in total. The summed E-state index contributed by atoms with van der Waals surface area (Å²) in [4.78, 5) is 7.32. The van der Waals surface area contributed by atoms with Crippen LogP contribution < -0.4 is 4.74 Å². The lowest BCUT2D eigenvalue weighted by atomic mass is 10.1. The lowest BCUT2D eigenvalue weighted by Crippen LogP contribution is -2.42. The zero-order chi connectivity index (χ0) is 19.3. The van der Waals surface area contributed by atoms with E-state index in [4.69, 9.17) is 14.5 Å². The summed E-state index contributed by atoms with van der Waals surface area (Å²) >= 11 is 1.70. The maximum Gasteiger partial charge on any atom is 0.123 e. The van der Waals surface area contributed by atoms with Crippen molar-refractivity contribution in [3.8, 4) is 16.3 Å². The normalized spacial score (nSPS) is 20.2. The van der Waals surface area contributed by atoms with Crippen LogP contribution in [0.4, 0.5) is 0 Å². The Bertz CT molecular complexity index is 879. The Morgan fingerprint density at radius 1 is 1.11 bits per heavy atom.